The number of carbonyl (C=O) groups excluding carboxylic acids is 1. The number of thioether (sulfide) groups is 1. The number of nitrogens with zero attached hydrogens (tertiary/aromatic N) is 4. The minimum Gasteiger partial charge on any atom is -0.302 e. The fourth-order valence-electron chi connectivity index (χ4n) is 4.18. The molecule has 0 spiro atoms. The zero-order valence-corrected chi connectivity index (χ0v) is 18.0. The van der Waals surface area contributed by atoms with Crippen LogP contribution in [0.1, 0.15) is 56.5 Å². The van der Waals surface area contributed by atoms with Gasteiger partial charge in [0.05, 0.1) is 33.7 Å². The summed E-state index contributed by atoms with van der Waals surface area (Å²) in [6, 6.07) is 0.427. The second-order valence-corrected chi connectivity index (χ2v) is 9.54. The maximum Gasteiger partial charge on any atom is 0.223 e. The fourth-order valence-corrected chi connectivity index (χ4v) is 6.53. The topological polar surface area (TPSA) is 72.2 Å². The molecule has 2 aliphatic heterocycles. The van der Waals surface area contributed by atoms with Gasteiger partial charge in [0.15, 0.2) is 5.13 Å². The first-order valence-electron chi connectivity index (χ1n) is 10.1. The summed E-state index contributed by atoms with van der Waals surface area (Å²) in [5.41, 5.74) is 4.42. The van der Waals surface area contributed by atoms with Gasteiger partial charge in [-0.05, 0) is 18.9 Å². The molecule has 0 unspecified atom stereocenters. The molecule has 6 nitrogen and oxygen atoms in total. The second-order valence-electron chi connectivity index (χ2n) is 7.56. The summed E-state index contributed by atoms with van der Waals surface area (Å²) in [4.78, 5) is 23.0. The van der Waals surface area contributed by atoms with Crippen molar-refractivity contribution < 1.29 is 4.79 Å². The van der Waals surface area contributed by atoms with Crippen LogP contribution in [0.4, 0.5) is 5.13 Å². The van der Waals surface area contributed by atoms with Crippen LogP contribution in [0.2, 0.25) is 0 Å². The maximum atomic E-state index is 11.5. The van der Waals surface area contributed by atoms with E-state index in [1.165, 1.54) is 49.6 Å². The van der Waals surface area contributed by atoms with Crippen LogP contribution in [0.3, 0.4) is 0 Å². The lowest BCUT2D eigenvalue weighted by Gasteiger charge is -2.24. The Morgan fingerprint density at radius 2 is 2.14 bits per heavy atom. The highest BCUT2D eigenvalue weighted by Gasteiger charge is 2.32. The number of hydrogen-bond acceptors (Lipinski definition) is 6. The molecule has 0 bridgehead atoms. The van der Waals surface area contributed by atoms with Crippen LogP contribution >= 0.6 is 23.1 Å². The average molecular weight is 426 g/mol. The molecule has 0 aromatic carbocycles. The Morgan fingerprint density at radius 1 is 1.28 bits per heavy atom. The van der Waals surface area contributed by atoms with Crippen molar-refractivity contribution in [3.05, 3.63) is 29.6 Å². The van der Waals surface area contributed by atoms with Crippen molar-refractivity contribution in [2.24, 2.45) is 4.99 Å². The van der Waals surface area contributed by atoms with E-state index in [1.54, 1.807) is 11.3 Å². The fraction of sp³-hybridized carbons (Fsp3) is 0.429. The van der Waals surface area contributed by atoms with Crippen LogP contribution in [0.15, 0.2) is 28.1 Å². The van der Waals surface area contributed by atoms with Crippen molar-refractivity contribution in [3.63, 3.8) is 0 Å². The molecule has 3 aliphatic rings. The highest BCUT2D eigenvalue weighted by atomic mass is 32.2. The van der Waals surface area contributed by atoms with Gasteiger partial charge in [0.25, 0.3) is 0 Å². The van der Waals surface area contributed by atoms with Gasteiger partial charge >= 0.3 is 0 Å². The first-order chi connectivity index (χ1) is 14.2. The lowest BCUT2D eigenvalue weighted by Crippen LogP contribution is -2.15. The normalized spacial score (nSPS) is 18.7. The van der Waals surface area contributed by atoms with Crippen LogP contribution in [0, 0.1) is 0 Å². The Bertz CT molecular complexity index is 1040. The van der Waals surface area contributed by atoms with Gasteiger partial charge in [-0.1, -0.05) is 42.8 Å². The van der Waals surface area contributed by atoms with Crippen LogP contribution in [-0.4, -0.2) is 33.4 Å². The van der Waals surface area contributed by atoms with Gasteiger partial charge in [-0.15, -0.1) is 11.8 Å². The van der Waals surface area contributed by atoms with Gasteiger partial charge < -0.3 is 5.32 Å². The molecule has 2 aromatic rings. The van der Waals surface area contributed by atoms with E-state index in [4.69, 9.17) is 5.10 Å². The van der Waals surface area contributed by atoms with Crippen molar-refractivity contribution in [1.82, 2.24) is 14.8 Å². The van der Waals surface area contributed by atoms with Crippen molar-refractivity contribution in [2.75, 3.05) is 11.9 Å². The lowest BCUT2D eigenvalue weighted by atomic mass is 9.95. The van der Waals surface area contributed by atoms with Gasteiger partial charge in [0, 0.05) is 24.5 Å². The summed E-state index contributed by atoms with van der Waals surface area (Å²) in [6.07, 6.45) is 14.3. The number of carbonyl (C=O) groups is 1. The number of rotatable bonds is 3. The molecule has 8 heteroatoms. The minimum absolute atomic E-state index is 0.0841. The first kappa shape index (κ1) is 18.8. The van der Waals surface area contributed by atoms with Gasteiger partial charge in [-0.25, -0.2) is 4.98 Å². The van der Waals surface area contributed by atoms with E-state index in [-0.39, 0.29) is 5.91 Å². The number of aromatic nitrogens is 3. The summed E-state index contributed by atoms with van der Waals surface area (Å²) in [6.45, 7) is 2.20. The zero-order valence-electron chi connectivity index (χ0n) is 16.4. The number of amides is 1. The molecule has 29 heavy (non-hydrogen) atoms. The van der Waals surface area contributed by atoms with Gasteiger partial charge in [0.2, 0.25) is 5.91 Å². The van der Waals surface area contributed by atoms with E-state index < -0.39 is 0 Å². The first-order valence-corrected chi connectivity index (χ1v) is 11.9. The number of hydrogen-bond donors (Lipinski definition) is 1. The van der Waals surface area contributed by atoms with Crippen LogP contribution in [0.25, 0.3) is 16.1 Å². The van der Waals surface area contributed by atoms with Crippen molar-refractivity contribution in [2.45, 2.75) is 55.7 Å². The molecule has 0 atom stereocenters. The molecule has 0 saturated heterocycles. The smallest absolute Gasteiger partial charge is 0.223 e. The zero-order chi connectivity index (χ0) is 19.8. The van der Waals surface area contributed by atoms with Gasteiger partial charge in [-0.3, -0.25) is 14.5 Å². The molecule has 5 rings (SSSR count). The molecule has 0 radical (unpaired) electrons. The molecule has 1 saturated carbocycles. The third-order valence-electron chi connectivity index (χ3n) is 5.49. The minimum atomic E-state index is -0.0841. The summed E-state index contributed by atoms with van der Waals surface area (Å²) in [5.74, 6) is 0.717. The van der Waals surface area contributed by atoms with Crippen LogP contribution in [0.5, 0.6) is 0 Å². The van der Waals surface area contributed by atoms with E-state index in [1.807, 2.05) is 24.1 Å². The van der Waals surface area contributed by atoms with Crippen LogP contribution in [-0.2, 0) is 10.5 Å². The van der Waals surface area contributed by atoms with Crippen molar-refractivity contribution in [1.29, 1.82) is 0 Å². The predicted octanol–water partition coefficient (Wildman–Crippen LogP) is 5.10. The monoisotopic (exact) mass is 425 g/mol. The van der Waals surface area contributed by atoms with Crippen molar-refractivity contribution >= 4 is 45.9 Å². The molecule has 1 fully saturated rings. The van der Waals surface area contributed by atoms with E-state index in [0.29, 0.717) is 17.7 Å². The number of fused-ring (bicyclic) bond motifs is 3. The quantitative estimate of drug-likeness (QED) is 0.743. The highest BCUT2D eigenvalue weighted by Crippen LogP contribution is 2.50. The molecule has 1 N–H and O–H groups in total. The third-order valence-corrected chi connectivity index (χ3v) is 7.61. The molecule has 2 aromatic heterocycles. The number of thiazole rings is 1. The Balaban J connectivity index is 1.65. The maximum absolute atomic E-state index is 11.5. The molecule has 4 heterocycles. The third kappa shape index (κ3) is 3.59. The van der Waals surface area contributed by atoms with Gasteiger partial charge in [-0.2, -0.15) is 5.10 Å². The molecular weight excluding hydrogens is 402 g/mol. The number of allylic oxidation sites excluding steroid dienone is 3. The Morgan fingerprint density at radius 3 is 2.97 bits per heavy atom. The highest BCUT2D eigenvalue weighted by molar-refractivity contribution is 7.98. The molecule has 1 amide bonds. The lowest BCUT2D eigenvalue weighted by molar-refractivity contribution is -0.114. The van der Waals surface area contributed by atoms with E-state index in [0.717, 1.165) is 27.6 Å². The Kier molecular flexibility index (Phi) is 5.13. The predicted molar refractivity (Wildman–Crippen MR) is 120 cm³/mol. The molecule has 1 aliphatic carbocycles. The SMILES string of the molecule is CC(=O)Nc1nc2c(s1)-c1c(c(C3=CCN=CC=C3)nn1C1CCCCC1)SC2. The Hall–Kier alpha value is -2.19. The van der Waals surface area contributed by atoms with Crippen LogP contribution < -0.4 is 5.32 Å². The largest absolute Gasteiger partial charge is 0.302 e. The van der Waals surface area contributed by atoms with Gasteiger partial charge in [0.1, 0.15) is 5.69 Å². The number of anilines is 1. The van der Waals surface area contributed by atoms with Crippen molar-refractivity contribution in [3.8, 4) is 10.6 Å². The van der Waals surface area contributed by atoms with E-state index >= 15 is 0 Å². The average Bonchev–Trinajstić information content (AvgIpc) is 3.19. The summed E-state index contributed by atoms with van der Waals surface area (Å²) in [7, 11) is 0. The summed E-state index contributed by atoms with van der Waals surface area (Å²) in [5, 5.41) is 8.70. The Labute approximate surface area is 178 Å². The molecular formula is C21H23N5OS2. The number of aliphatic imine (C=N–C) groups is 1. The second kappa shape index (κ2) is 7.91. The summed E-state index contributed by atoms with van der Waals surface area (Å²) < 4.78 is 2.27. The van der Waals surface area contributed by atoms with E-state index in [9.17, 15) is 4.79 Å². The molecule has 150 valence electrons. The standard InChI is InChI=1S/C21H23N5OS2/c1-13(27)23-21-24-16-12-28-20-17(14-6-5-10-22-11-9-14)25-26(18(20)19(16)29-21)15-7-3-2-4-8-15/h5-6,9-10,15H,2-4,7-8,11-12H2,1H3,(H,23,24,27). The van der Waals surface area contributed by atoms with E-state index in [2.05, 4.69) is 32.1 Å². The number of nitrogens with one attached hydrogen (secondary N) is 1. The summed E-state index contributed by atoms with van der Waals surface area (Å²) >= 11 is 3.38.